The Hall–Kier alpha value is -1.63. The van der Waals surface area contributed by atoms with Gasteiger partial charge in [-0.25, -0.2) is 0 Å². The number of piperidine rings is 1. The predicted molar refractivity (Wildman–Crippen MR) is 104 cm³/mol. The molecule has 2 heterocycles. The van der Waals surface area contributed by atoms with Crippen molar-refractivity contribution in [3.05, 3.63) is 29.8 Å². The Morgan fingerprint density at radius 2 is 1.77 bits per heavy atom. The first-order valence-corrected chi connectivity index (χ1v) is 9.82. The average molecular weight is 361 g/mol. The van der Waals surface area contributed by atoms with Crippen LogP contribution in [0.1, 0.15) is 23.2 Å². The van der Waals surface area contributed by atoms with E-state index in [1.165, 1.54) is 32.5 Å². The summed E-state index contributed by atoms with van der Waals surface area (Å²) >= 11 is 0. The van der Waals surface area contributed by atoms with Crippen LogP contribution in [0.5, 0.6) is 5.75 Å². The molecule has 2 N–H and O–H groups in total. The van der Waals surface area contributed by atoms with E-state index < -0.39 is 0 Å². The number of hydrogen-bond donors (Lipinski definition) is 2. The van der Waals surface area contributed by atoms with E-state index in [-0.39, 0.29) is 5.91 Å². The summed E-state index contributed by atoms with van der Waals surface area (Å²) in [6, 6.07) is 7.23. The highest BCUT2D eigenvalue weighted by Crippen LogP contribution is 2.15. The molecule has 0 aliphatic carbocycles. The van der Waals surface area contributed by atoms with Gasteiger partial charge in [-0.2, -0.15) is 0 Å². The molecule has 3 rings (SSSR count). The molecule has 0 aromatic heterocycles. The molecular weight excluding hydrogens is 328 g/mol. The molecule has 0 saturated carbocycles. The van der Waals surface area contributed by atoms with Crippen molar-refractivity contribution in [1.29, 1.82) is 0 Å². The lowest BCUT2D eigenvalue weighted by Gasteiger charge is -2.37. The minimum Gasteiger partial charge on any atom is -0.497 e. The Bertz CT molecular complexity index is 549. The number of rotatable bonds is 7. The van der Waals surface area contributed by atoms with Gasteiger partial charge in [-0.15, -0.1) is 0 Å². The quantitative estimate of drug-likeness (QED) is 0.761. The van der Waals surface area contributed by atoms with Crippen LogP contribution in [0.2, 0.25) is 0 Å². The summed E-state index contributed by atoms with van der Waals surface area (Å²) in [6.45, 7) is 9.72. The van der Waals surface area contributed by atoms with Crippen molar-refractivity contribution in [2.45, 2.75) is 12.8 Å². The fraction of sp³-hybridized carbons (Fsp3) is 0.650. The van der Waals surface area contributed by atoms with E-state index in [1.807, 2.05) is 12.1 Å². The van der Waals surface area contributed by atoms with Gasteiger partial charge in [0.25, 0.3) is 5.91 Å². The molecule has 144 valence electrons. The molecule has 2 aliphatic rings. The Balaban J connectivity index is 1.31. The summed E-state index contributed by atoms with van der Waals surface area (Å²) in [6.07, 6.45) is 2.63. The van der Waals surface area contributed by atoms with Crippen molar-refractivity contribution < 1.29 is 9.53 Å². The van der Waals surface area contributed by atoms with Gasteiger partial charge < -0.3 is 20.3 Å². The number of nitrogens with one attached hydrogen (secondary N) is 2. The third-order valence-electron chi connectivity index (χ3n) is 5.51. The maximum absolute atomic E-state index is 12.2. The highest BCUT2D eigenvalue weighted by atomic mass is 16.5. The van der Waals surface area contributed by atoms with Crippen LogP contribution in [0.4, 0.5) is 0 Å². The molecule has 0 atom stereocenters. The average Bonchev–Trinajstić information content (AvgIpc) is 2.70. The Morgan fingerprint density at radius 3 is 2.42 bits per heavy atom. The molecule has 2 fully saturated rings. The van der Waals surface area contributed by atoms with Gasteiger partial charge in [-0.1, -0.05) is 0 Å². The third-order valence-corrected chi connectivity index (χ3v) is 5.51. The van der Waals surface area contributed by atoms with Crippen LogP contribution in [0.25, 0.3) is 0 Å². The Kier molecular flexibility index (Phi) is 7.29. The van der Waals surface area contributed by atoms with Gasteiger partial charge in [0.05, 0.1) is 7.11 Å². The first kappa shape index (κ1) is 19.1. The molecule has 6 heteroatoms. The minimum atomic E-state index is -0.0165. The Labute approximate surface area is 156 Å². The van der Waals surface area contributed by atoms with Gasteiger partial charge >= 0.3 is 0 Å². The molecule has 0 bridgehead atoms. The fourth-order valence-corrected chi connectivity index (χ4v) is 3.80. The number of hydrogen-bond acceptors (Lipinski definition) is 5. The van der Waals surface area contributed by atoms with Gasteiger partial charge in [-0.05, 0) is 56.1 Å². The smallest absolute Gasteiger partial charge is 0.251 e. The van der Waals surface area contributed by atoms with Crippen molar-refractivity contribution in [2.24, 2.45) is 5.92 Å². The summed E-state index contributed by atoms with van der Waals surface area (Å²) in [5.74, 6) is 1.62. The molecule has 0 unspecified atom stereocenters. The molecule has 1 aromatic carbocycles. The molecule has 2 saturated heterocycles. The van der Waals surface area contributed by atoms with Crippen LogP contribution in [-0.4, -0.2) is 81.7 Å². The Morgan fingerprint density at radius 1 is 1.12 bits per heavy atom. The van der Waals surface area contributed by atoms with E-state index in [0.29, 0.717) is 12.1 Å². The summed E-state index contributed by atoms with van der Waals surface area (Å²) in [5.41, 5.74) is 0.678. The third kappa shape index (κ3) is 5.69. The predicted octanol–water partition coefficient (Wildman–Crippen LogP) is 1.04. The maximum Gasteiger partial charge on any atom is 0.251 e. The zero-order chi connectivity index (χ0) is 18.2. The SMILES string of the molecule is COc1ccc(C(=O)NCCN2CCN(CC3CCNCC3)CC2)cc1. The van der Waals surface area contributed by atoms with E-state index in [9.17, 15) is 4.79 Å². The minimum absolute atomic E-state index is 0.0165. The number of benzene rings is 1. The molecule has 2 aliphatic heterocycles. The van der Waals surface area contributed by atoms with E-state index >= 15 is 0 Å². The number of carbonyl (C=O) groups is 1. The first-order valence-electron chi connectivity index (χ1n) is 9.82. The second-order valence-electron chi connectivity index (χ2n) is 7.32. The normalized spacial score (nSPS) is 20.0. The molecule has 0 radical (unpaired) electrons. The zero-order valence-electron chi connectivity index (χ0n) is 15.9. The van der Waals surface area contributed by atoms with Crippen LogP contribution in [0.15, 0.2) is 24.3 Å². The number of amides is 1. The van der Waals surface area contributed by atoms with Crippen LogP contribution < -0.4 is 15.4 Å². The van der Waals surface area contributed by atoms with E-state index in [2.05, 4.69) is 20.4 Å². The molecule has 6 nitrogen and oxygen atoms in total. The highest BCUT2D eigenvalue weighted by molar-refractivity contribution is 5.94. The van der Waals surface area contributed by atoms with Crippen molar-refractivity contribution in [3.8, 4) is 5.75 Å². The first-order chi connectivity index (χ1) is 12.7. The summed E-state index contributed by atoms with van der Waals surface area (Å²) < 4.78 is 5.12. The maximum atomic E-state index is 12.2. The van der Waals surface area contributed by atoms with Gasteiger partial charge in [-0.3, -0.25) is 9.69 Å². The van der Waals surface area contributed by atoms with Gasteiger partial charge in [0.1, 0.15) is 5.75 Å². The second-order valence-corrected chi connectivity index (χ2v) is 7.32. The second kappa shape index (κ2) is 9.90. The van der Waals surface area contributed by atoms with Crippen LogP contribution in [-0.2, 0) is 0 Å². The number of carbonyl (C=O) groups excluding carboxylic acids is 1. The van der Waals surface area contributed by atoms with Crippen molar-refractivity contribution in [3.63, 3.8) is 0 Å². The van der Waals surface area contributed by atoms with Crippen molar-refractivity contribution in [1.82, 2.24) is 20.4 Å². The largest absolute Gasteiger partial charge is 0.497 e. The molecular formula is C20H32N4O2. The van der Waals surface area contributed by atoms with Crippen LogP contribution >= 0.6 is 0 Å². The van der Waals surface area contributed by atoms with Crippen LogP contribution in [0, 0.1) is 5.92 Å². The van der Waals surface area contributed by atoms with Crippen molar-refractivity contribution >= 4 is 5.91 Å². The van der Waals surface area contributed by atoms with E-state index in [1.54, 1.807) is 19.2 Å². The number of ether oxygens (including phenoxy) is 1. The van der Waals surface area contributed by atoms with E-state index in [4.69, 9.17) is 4.74 Å². The van der Waals surface area contributed by atoms with Gasteiger partial charge in [0, 0.05) is 51.4 Å². The zero-order valence-corrected chi connectivity index (χ0v) is 15.9. The lowest BCUT2D eigenvalue weighted by atomic mass is 9.97. The number of piperazine rings is 1. The summed E-state index contributed by atoms with van der Waals surface area (Å²) in [4.78, 5) is 17.2. The topological polar surface area (TPSA) is 56.8 Å². The standard InChI is InChI=1S/C20H32N4O2/c1-26-19-4-2-18(3-5-19)20(25)22-10-11-23-12-14-24(15-13-23)16-17-6-8-21-9-7-17/h2-5,17,21H,6-16H2,1H3,(H,22,25). The lowest BCUT2D eigenvalue weighted by Crippen LogP contribution is -2.50. The highest BCUT2D eigenvalue weighted by Gasteiger charge is 2.21. The molecule has 0 spiro atoms. The lowest BCUT2D eigenvalue weighted by molar-refractivity contribution is 0.0924. The van der Waals surface area contributed by atoms with Gasteiger partial charge in [0.2, 0.25) is 0 Å². The summed E-state index contributed by atoms with van der Waals surface area (Å²) in [7, 11) is 1.63. The summed E-state index contributed by atoms with van der Waals surface area (Å²) in [5, 5.41) is 6.46. The number of methoxy groups -OCH3 is 1. The van der Waals surface area contributed by atoms with E-state index in [0.717, 1.165) is 44.4 Å². The fourth-order valence-electron chi connectivity index (χ4n) is 3.80. The number of nitrogens with zero attached hydrogens (tertiary/aromatic N) is 2. The molecule has 1 amide bonds. The van der Waals surface area contributed by atoms with Crippen LogP contribution in [0.3, 0.4) is 0 Å². The molecule has 1 aromatic rings. The van der Waals surface area contributed by atoms with Crippen molar-refractivity contribution in [2.75, 3.05) is 66.0 Å². The molecule has 26 heavy (non-hydrogen) atoms. The monoisotopic (exact) mass is 360 g/mol. The van der Waals surface area contributed by atoms with Gasteiger partial charge in [0.15, 0.2) is 0 Å².